The van der Waals surface area contributed by atoms with E-state index >= 15 is 0 Å². The predicted molar refractivity (Wildman–Crippen MR) is 81.4 cm³/mol. The number of rotatable bonds is 4. The Morgan fingerprint density at radius 1 is 1.52 bits per heavy atom. The van der Waals surface area contributed by atoms with Crippen LogP contribution in [0.3, 0.4) is 0 Å². The first-order chi connectivity index (χ1) is 10.1. The van der Waals surface area contributed by atoms with Crippen molar-refractivity contribution in [1.82, 2.24) is 4.90 Å². The summed E-state index contributed by atoms with van der Waals surface area (Å²) in [4.78, 5) is 25.6. The van der Waals surface area contributed by atoms with Crippen molar-refractivity contribution >= 4 is 33.9 Å². The lowest BCUT2D eigenvalue weighted by Crippen LogP contribution is -2.42. The van der Waals surface area contributed by atoms with E-state index in [0.717, 1.165) is 12.8 Å². The summed E-state index contributed by atoms with van der Waals surface area (Å²) in [6.45, 7) is 3.25. The van der Waals surface area contributed by atoms with Crippen molar-refractivity contribution in [3.05, 3.63) is 28.6 Å². The maximum absolute atomic E-state index is 12.1. The molecule has 0 spiro atoms. The molecule has 1 aromatic heterocycles. The Bertz CT molecular complexity index is 538. The highest BCUT2D eigenvalue weighted by molar-refractivity contribution is 9.10. The van der Waals surface area contributed by atoms with Gasteiger partial charge in [-0.25, -0.2) is 0 Å². The number of halogens is 1. The lowest BCUT2D eigenvalue weighted by molar-refractivity contribution is -0.150. The summed E-state index contributed by atoms with van der Waals surface area (Å²) < 4.78 is 10.9. The molecule has 1 aromatic rings. The Morgan fingerprint density at radius 2 is 2.33 bits per heavy atom. The minimum absolute atomic E-state index is 0.114. The van der Waals surface area contributed by atoms with Crippen LogP contribution in [0.15, 0.2) is 27.3 Å². The molecule has 1 amide bonds. The number of likely N-dealkylation sites (tertiary alicyclic amines) is 1. The fraction of sp³-hybridized carbons (Fsp3) is 0.467. The van der Waals surface area contributed by atoms with Crippen LogP contribution in [0.25, 0.3) is 6.08 Å². The molecule has 2 rings (SSSR count). The van der Waals surface area contributed by atoms with Crippen LogP contribution in [0, 0.1) is 5.92 Å². The van der Waals surface area contributed by atoms with Crippen molar-refractivity contribution in [3.63, 3.8) is 0 Å². The second-order valence-electron chi connectivity index (χ2n) is 4.85. The molecule has 0 aromatic carbocycles. The van der Waals surface area contributed by atoms with Gasteiger partial charge >= 0.3 is 5.97 Å². The fourth-order valence-corrected chi connectivity index (χ4v) is 2.63. The van der Waals surface area contributed by atoms with Gasteiger partial charge in [-0.15, -0.1) is 0 Å². The average molecular weight is 356 g/mol. The Morgan fingerprint density at radius 3 is 3.00 bits per heavy atom. The zero-order valence-corrected chi connectivity index (χ0v) is 13.5. The number of nitrogens with zero attached hydrogens (tertiary/aromatic N) is 1. The molecular formula is C15H18BrNO4. The topological polar surface area (TPSA) is 59.8 Å². The molecule has 114 valence electrons. The molecule has 1 saturated heterocycles. The maximum atomic E-state index is 12.1. The van der Waals surface area contributed by atoms with Gasteiger partial charge in [0.15, 0.2) is 4.67 Å². The number of ether oxygens (including phenoxy) is 1. The van der Waals surface area contributed by atoms with E-state index in [9.17, 15) is 9.59 Å². The van der Waals surface area contributed by atoms with Crippen molar-refractivity contribution < 1.29 is 18.7 Å². The average Bonchev–Trinajstić information content (AvgIpc) is 2.91. The van der Waals surface area contributed by atoms with Gasteiger partial charge in [0.1, 0.15) is 5.76 Å². The molecule has 0 N–H and O–H groups in total. The van der Waals surface area contributed by atoms with Gasteiger partial charge in [-0.2, -0.15) is 0 Å². The number of hydrogen-bond acceptors (Lipinski definition) is 4. The van der Waals surface area contributed by atoms with E-state index in [-0.39, 0.29) is 17.8 Å². The minimum Gasteiger partial charge on any atom is -0.466 e. The van der Waals surface area contributed by atoms with Gasteiger partial charge in [0.05, 0.1) is 12.5 Å². The monoisotopic (exact) mass is 355 g/mol. The number of furan rings is 1. The van der Waals surface area contributed by atoms with Gasteiger partial charge in [-0.05, 0) is 53.9 Å². The van der Waals surface area contributed by atoms with Crippen LogP contribution in [-0.4, -0.2) is 36.5 Å². The lowest BCUT2D eigenvalue weighted by atomic mass is 9.98. The first-order valence-electron chi connectivity index (χ1n) is 6.99. The summed E-state index contributed by atoms with van der Waals surface area (Å²) in [5, 5.41) is 0. The quantitative estimate of drug-likeness (QED) is 0.615. The van der Waals surface area contributed by atoms with E-state index in [4.69, 9.17) is 9.15 Å². The standard InChI is InChI=1S/C15H18BrNO4/c1-2-20-15(19)11-4-3-9-17(10-11)14(18)8-6-12-5-7-13(16)21-12/h5-8,11H,2-4,9-10H2,1H3/b8-6+. The number of carbonyl (C=O) groups is 2. The summed E-state index contributed by atoms with van der Waals surface area (Å²) in [5.74, 6) is 0.0634. The Hall–Kier alpha value is -1.56. The molecular weight excluding hydrogens is 338 g/mol. The highest BCUT2D eigenvalue weighted by Crippen LogP contribution is 2.19. The molecule has 0 saturated carbocycles. The van der Waals surface area contributed by atoms with Crippen LogP contribution >= 0.6 is 15.9 Å². The van der Waals surface area contributed by atoms with Crippen LogP contribution in [0.1, 0.15) is 25.5 Å². The van der Waals surface area contributed by atoms with Crippen molar-refractivity contribution in [2.75, 3.05) is 19.7 Å². The lowest BCUT2D eigenvalue weighted by Gasteiger charge is -2.30. The first-order valence-corrected chi connectivity index (χ1v) is 7.78. The molecule has 1 aliphatic rings. The summed E-state index contributed by atoms with van der Waals surface area (Å²) in [7, 11) is 0. The van der Waals surface area contributed by atoms with Gasteiger partial charge in [-0.3, -0.25) is 9.59 Å². The van der Waals surface area contributed by atoms with Gasteiger partial charge < -0.3 is 14.1 Å². The number of carbonyl (C=O) groups excluding carboxylic acids is 2. The van der Waals surface area contributed by atoms with Crippen molar-refractivity contribution in [1.29, 1.82) is 0 Å². The summed E-state index contributed by atoms with van der Waals surface area (Å²) in [6.07, 6.45) is 4.69. The van der Waals surface area contributed by atoms with Crippen molar-refractivity contribution in [2.24, 2.45) is 5.92 Å². The molecule has 21 heavy (non-hydrogen) atoms. The normalized spacial score (nSPS) is 19.0. The van der Waals surface area contributed by atoms with Crippen LogP contribution in [-0.2, 0) is 14.3 Å². The fourth-order valence-electron chi connectivity index (χ4n) is 2.31. The molecule has 1 aliphatic heterocycles. The summed E-state index contributed by atoms with van der Waals surface area (Å²) in [5.41, 5.74) is 0. The smallest absolute Gasteiger partial charge is 0.310 e. The number of esters is 1. The third kappa shape index (κ3) is 4.46. The van der Waals surface area contributed by atoms with Crippen molar-refractivity contribution in [2.45, 2.75) is 19.8 Å². The molecule has 6 heteroatoms. The largest absolute Gasteiger partial charge is 0.466 e. The highest BCUT2D eigenvalue weighted by atomic mass is 79.9. The third-order valence-electron chi connectivity index (χ3n) is 3.34. The minimum atomic E-state index is -0.214. The zero-order valence-electron chi connectivity index (χ0n) is 11.9. The van der Waals surface area contributed by atoms with E-state index in [2.05, 4.69) is 15.9 Å². The number of piperidine rings is 1. The highest BCUT2D eigenvalue weighted by Gasteiger charge is 2.28. The zero-order chi connectivity index (χ0) is 15.2. The molecule has 2 heterocycles. The van der Waals surface area contributed by atoms with Gasteiger partial charge in [-0.1, -0.05) is 0 Å². The van der Waals surface area contributed by atoms with E-state index in [0.29, 0.717) is 30.1 Å². The second kappa shape index (κ2) is 7.45. The summed E-state index contributed by atoms with van der Waals surface area (Å²) in [6, 6.07) is 3.54. The van der Waals surface area contributed by atoms with Gasteiger partial charge in [0.2, 0.25) is 5.91 Å². The summed E-state index contributed by atoms with van der Waals surface area (Å²) >= 11 is 3.21. The van der Waals surface area contributed by atoms with Crippen LogP contribution in [0.2, 0.25) is 0 Å². The van der Waals surface area contributed by atoms with Gasteiger partial charge in [0, 0.05) is 19.2 Å². The number of hydrogen-bond donors (Lipinski definition) is 0. The predicted octanol–water partition coefficient (Wildman–Crippen LogP) is 2.86. The van der Waals surface area contributed by atoms with Crippen molar-refractivity contribution in [3.8, 4) is 0 Å². The maximum Gasteiger partial charge on any atom is 0.310 e. The first kappa shape index (κ1) is 15.8. The Kier molecular flexibility index (Phi) is 5.61. The van der Waals surface area contributed by atoms with E-state index in [1.54, 1.807) is 30.0 Å². The van der Waals surface area contributed by atoms with Crippen LogP contribution in [0.4, 0.5) is 0 Å². The molecule has 5 nitrogen and oxygen atoms in total. The molecule has 0 bridgehead atoms. The van der Waals surface area contributed by atoms with Crippen LogP contribution < -0.4 is 0 Å². The van der Waals surface area contributed by atoms with E-state index in [1.165, 1.54) is 6.08 Å². The molecule has 0 radical (unpaired) electrons. The second-order valence-corrected chi connectivity index (χ2v) is 5.63. The SMILES string of the molecule is CCOC(=O)C1CCCN(C(=O)/C=C/c2ccc(Br)o2)C1. The molecule has 1 unspecified atom stereocenters. The third-order valence-corrected chi connectivity index (χ3v) is 3.76. The number of amides is 1. The molecule has 0 aliphatic carbocycles. The molecule has 1 fully saturated rings. The molecule has 1 atom stereocenters. The van der Waals surface area contributed by atoms with E-state index in [1.807, 2.05) is 0 Å². The van der Waals surface area contributed by atoms with Crippen LogP contribution in [0.5, 0.6) is 0 Å². The van der Waals surface area contributed by atoms with E-state index < -0.39 is 0 Å². The van der Waals surface area contributed by atoms with Gasteiger partial charge in [0.25, 0.3) is 0 Å². The Labute approximate surface area is 132 Å². The Balaban J connectivity index is 1.92.